The standard InChI is InChI=1S/C25H22ClN3O5/c1-15-7-9-20(11-16(15)2)28-23(30)24(31)29-27-14-17-8-10-21(22(12-17)33-3)34-25(32)18-5-4-6-19(26)13-18/h4-14H,1-3H3,(H,28,30)(H,29,31). The first kappa shape index (κ1) is 24.5. The molecule has 0 aromatic heterocycles. The van der Waals surface area contributed by atoms with Crippen LogP contribution in [-0.4, -0.2) is 31.1 Å². The second kappa shape index (κ2) is 11.1. The Bertz CT molecular complexity index is 1270. The molecule has 0 heterocycles. The lowest BCUT2D eigenvalue weighted by Crippen LogP contribution is -2.32. The second-order valence-corrected chi connectivity index (χ2v) is 7.70. The van der Waals surface area contributed by atoms with Crippen LogP contribution >= 0.6 is 11.6 Å². The Labute approximate surface area is 201 Å². The SMILES string of the molecule is COc1cc(C=NNC(=O)C(=O)Nc2ccc(C)c(C)c2)ccc1OC(=O)c1cccc(Cl)c1. The monoisotopic (exact) mass is 479 g/mol. The van der Waals surface area contributed by atoms with Crippen LogP contribution in [0.15, 0.2) is 65.8 Å². The largest absolute Gasteiger partial charge is 0.493 e. The summed E-state index contributed by atoms with van der Waals surface area (Å²) >= 11 is 5.91. The minimum Gasteiger partial charge on any atom is -0.493 e. The molecular weight excluding hydrogens is 458 g/mol. The van der Waals surface area contributed by atoms with Crippen molar-refractivity contribution in [1.82, 2.24) is 5.43 Å². The van der Waals surface area contributed by atoms with E-state index in [4.69, 9.17) is 21.1 Å². The van der Waals surface area contributed by atoms with E-state index in [0.717, 1.165) is 11.1 Å². The van der Waals surface area contributed by atoms with Crippen LogP contribution in [0.5, 0.6) is 11.5 Å². The van der Waals surface area contributed by atoms with Crippen molar-refractivity contribution in [3.8, 4) is 11.5 Å². The molecule has 0 atom stereocenters. The van der Waals surface area contributed by atoms with E-state index in [1.165, 1.54) is 25.5 Å². The molecular formula is C25H22ClN3O5. The maximum atomic E-state index is 12.3. The summed E-state index contributed by atoms with van der Waals surface area (Å²) in [4.78, 5) is 36.4. The molecule has 9 heteroatoms. The molecule has 174 valence electrons. The highest BCUT2D eigenvalue weighted by Gasteiger charge is 2.14. The average molecular weight is 480 g/mol. The number of rotatable bonds is 6. The van der Waals surface area contributed by atoms with Crippen LogP contribution in [0.2, 0.25) is 5.02 Å². The molecule has 34 heavy (non-hydrogen) atoms. The zero-order valence-electron chi connectivity index (χ0n) is 18.7. The summed E-state index contributed by atoms with van der Waals surface area (Å²) in [6.45, 7) is 3.86. The van der Waals surface area contributed by atoms with Gasteiger partial charge in [-0.15, -0.1) is 0 Å². The maximum Gasteiger partial charge on any atom is 0.343 e. The van der Waals surface area contributed by atoms with Gasteiger partial charge in [-0.2, -0.15) is 5.10 Å². The van der Waals surface area contributed by atoms with Gasteiger partial charge in [0.25, 0.3) is 0 Å². The fraction of sp³-hybridized carbons (Fsp3) is 0.120. The number of nitrogens with one attached hydrogen (secondary N) is 2. The molecule has 0 fully saturated rings. The van der Waals surface area contributed by atoms with E-state index < -0.39 is 17.8 Å². The number of carbonyl (C=O) groups excluding carboxylic acids is 3. The van der Waals surface area contributed by atoms with Gasteiger partial charge >= 0.3 is 17.8 Å². The minimum atomic E-state index is -0.923. The number of halogens is 1. The van der Waals surface area contributed by atoms with Crippen LogP contribution in [0.3, 0.4) is 0 Å². The Morgan fingerprint density at radius 2 is 1.71 bits per heavy atom. The number of aryl methyl sites for hydroxylation is 2. The normalized spacial score (nSPS) is 10.6. The first-order valence-corrected chi connectivity index (χ1v) is 10.5. The van der Waals surface area contributed by atoms with Crippen molar-refractivity contribution in [3.63, 3.8) is 0 Å². The molecule has 0 bridgehead atoms. The molecule has 0 aliphatic rings. The molecule has 0 radical (unpaired) electrons. The first-order valence-electron chi connectivity index (χ1n) is 10.1. The summed E-state index contributed by atoms with van der Waals surface area (Å²) in [6.07, 6.45) is 1.33. The lowest BCUT2D eigenvalue weighted by molar-refractivity contribution is -0.136. The van der Waals surface area contributed by atoms with Crippen LogP contribution in [-0.2, 0) is 9.59 Å². The van der Waals surface area contributed by atoms with Crippen LogP contribution in [0.4, 0.5) is 5.69 Å². The number of nitrogens with zero attached hydrogens (tertiary/aromatic N) is 1. The summed E-state index contributed by atoms with van der Waals surface area (Å²) in [5.41, 5.74) is 5.58. The zero-order chi connectivity index (χ0) is 24.7. The molecule has 0 spiro atoms. The summed E-state index contributed by atoms with van der Waals surface area (Å²) in [5.74, 6) is -1.89. The fourth-order valence-corrected chi connectivity index (χ4v) is 3.04. The number of benzene rings is 3. The van der Waals surface area contributed by atoms with Gasteiger partial charge in [0, 0.05) is 10.7 Å². The molecule has 3 aromatic rings. The Kier molecular flexibility index (Phi) is 8.00. The fourth-order valence-electron chi connectivity index (χ4n) is 2.85. The zero-order valence-corrected chi connectivity index (χ0v) is 19.5. The van der Waals surface area contributed by atoms with Gasteiger partial charge in [0.1, 0.15) is 0 Å². The number of hydrogen-bond acceptors (Lipinski definition) is 6. The summed E-state index contributed by atoms with van der Waals surface area (Å²) in [6, 6.07) is 16.4. The van der Waals surface area contributed by atoms with Crippen molar-refractivity contribution in [2.45, 2.75) is 13.8 Å². The summed E-state index contributed by atoms with van der Waals surface area (Å²) in [7, 11) is 1.42. The number of methoxy groups -OCH3 is 1. The van der Waals surface area contributed by atoms with E-state index in [9.17, 15) is 14.4 Å². The highest BCUT2D eigenvalue weighted by atomic mass is 35.5. The predicted octanol–water partition coefficient (Wildman–Crippen LogP) is 4.27. The maximum absolute atomic E-state index is 12.3. The quantitative estimate of drug-likeness (QED) is 0.180. The molecule has 0 saturated carbocycles. The second-order valence-electron chi connectivity index (χ2n) is 7.26. The number of hydrazone groups is 1. The molecule has 0 saturated heterocycles. The molecule has 3 rings (SSSR count). The molecule has 8 nitrogen and oxygen atoms in total. The van der Waals surface area contributed by atoms with Crippen molar-refractivity contribution in [1.29, 1.82) is 0 Å². The first-order chi connectivity index (χ1) is 16.3. The van der Waals surface area contributed by atoms with Gasteiger partial charge in [-0.05, 0) is 79.1 Å². The van der Waals surface area contributed by atoms with Crippen LogP contribution in [0, 0.1) is 13.8 Å². The highest BCUT2D eigenvalue weighted by Crippen LogP contribution is 2.28. The van der Waals surface area contributed by atoms with Crippen LogP contribution in [0.25, 0.3) is 0 Å². The van der Waals surface area contributed by atoms with Crippen molar-refractivity contribution < 1.29 is 23.9 Å². The van der Waals surface area contributed by atoms with E-state index in [1.807, 2.05) is 19.9 Å². The molecule has 3 aromatic carbocycles. The number of amides is 2. The van der Waals surface area contributed by atoms with E-state index in [0.29, 0.717) is 21.8 Å². The van der Waals surface area contributed by atoms with Crippen LogP contribution < -0.4 is 20.2 Å². The van der Waals surface area contributed by atoms with Crippen molar-refractivity contribution in [2.75, 3.05) is 12.4 Å². The average Bonchev–Trinajstić information content (AvgIpc) is 2.82. The van der Waals surface area contributed by atoms with E-state index in [1.54, 1.807) is 42.5 Å². The lowest BCUT2D eigenvalue weighted by Gasteiger charge is -2.10. The van der Waals surface area contributed by atoms with E-state index in [-0.39, 0.29) is 11.5 Å². The van der Waals surface area contributed by atoms with Gasteiger partial charge in [-0.1, -0.05) is 23.7 Å². The Hall–Kier alpha value is -4.17. The number of hydrogen-bond donors (Lipinski definition) is 2. The summed E-state index contributed by atoms with van der Waals surface area (Å²) < 4.78 is 10.7. The summed E-state index contributed by atoms with van der Waals surface area (Å²) in [5, 5.41) is 6.73. The molecule has 2 N–H and O–H groups in total. The third-order valence-corrected chi connectivity index (χ3v) is 5.04. The Balaban J connectivity index is 1.61. The number of carbonyl (C=O) groups is 3. The van der Waals surface area contributed by atoms with Gasteiger partial charge in [-0.25, -0.2) is 10.2 Å². The topological polar surface area (TPSA) is 106 Å². The lowest BCUT2D eigenvalue weighted by atomic mass is 10.1. The van der Waals surface area contributed by atoms with Gasteiger partial charge in [0.2, 0.25) is 0 Å². The number of ether oxygens (including phenoxy) is 2. The van der Waals surface area contributed by atoms with Gasteiger partial charge < -0.3 is 14.8 Å². The minimum absolute atomic E-state index is 0.196. The number of anilines is 1. The van der Waals surface area contributed by atoms with Gasteiger partial charge in [0.15, 0.2) is 11.5 Å². The van der Waals surface area contributed by atoms with E-state index >= 15 is 0 Å². The molecule has 0 aliphatic carbocycles. The Morgan fingerprint density at radius 3 is 2.41 bits per heavy atom. The highest BCUT2D eigenvalue weighted by molar-refractivity contribution is 6.39. The van der Waals surface area contributed by atoms with Crippen molar-refractivity contribution >= 4 is 41.3 Å². The Morgan fingerprint density at radius 1 is 0.912 bits per heavy atom. The van der Waals surface area contributed by atoms with E-state index in [2.05, 4.69) is 15.8 Å². The smallest absolute Gasteiger partial charge is 0.343 e. The third-order valence-electron chi connectivity index (χ3n) is 4.80. The van der Waals surface area contributed by atoms with Gasteiger partial charge in [-0.3, -0.25) is 9.59 Å². The van der Waals surface area contributed by atoms with Gasteiger partial charge in [0.05, 0.1) is 18.9 Å². The third kappa shape index (κ3) is 6.43. The van der Waals surface area contributed by atoms with Crippen molar-refractivity contribution in [2.24, 2.45) is 5.10 Å². The molecule has 0 unspecified atom stereocenters. The van der Waals surface area contributed by atoms with Crippen LogP contribution in [0.1, 0.15) is 27.0 Å². The van der Waals surface area contributed by atoms with Crippen molar-refractivity contribution in [3.05, 3.63) is 87.9 Å². The number of esters is 1. The molecule has 0 aliphatic heterocycles. The molecule has 2 amide bonds. The predicted molar refractivity (Wildman–Crippen MR) is 130 cm³/mol.